The van der Waals surface area contributed by atoms with E-state index in [-0.39, 0.29) is 12.4 Å². The van der Waals surface area contributed by atoms with Gasteiger partial charge in [0.05, 0.1) is 26.6 Å². The Kier molecular flexibility index (Phi) is 10.5. The second-order valence-corrected chi connectivity index (χ2v) is 10.2. The summed E-state index contributed by atoms with van der Waals surface area (Å²) in [6, 6.07) is 14.0. The minimum absolute atomic E-state index is 0.0385. The molecule has 1 saturated heterocycles. The largest absolute Gasteiger partial charge is 0.466 e. The topological polar surface area (TPSA) is 122 Å². The zero-order chi connectivity index (χ0) is 28.4. The summed E-state index contributed by atoms with van der Waals surface area (Å²) < 4.78 is 19.9. The summed E-state index contributed by atoms with van der Waals surface area (Å²) >= 11 is 2.26. The molecule has 1 aliphatic heterocycles. The fourth-order valence-corrected chi connectivity index (χ4v) is 5.77. The van der Waals surface area contributed by atoms with Gasteiger partial charge in [-0.1, -0.05) is 24.3 Å². The Labute approximate surface area is 233 Å². The summed E-state index contributed by atoms with van der Waals surface area (Å²) in [5.41, 5.74) is -0.371. The van der Waals surface area contributed by atoms with Crippen molar-refractivity contribution >= 4 is 65.3 Å². The van der Waals surface area contributed by atoms with Crippen LogP contribution in [0, 0.1) is 0 Å². The van der Waals surface area contributed by atoms with Crippen LogP contribution in [0.25, 0.3) is 12.2 Å². The van der Waals surface area contributed by atoms with E-state index in [0.717, 1.165) is 22.2 Å². The lowest BCUT2D eigenvalue weighted by molar-refractivity contribution is -0.171. The van der Waals surface area contributed by atoms with E-state index < -0.39 is 40.5 Å². The molecule has 2 unspecified atom stereocenters. The maximum Gasteiger partial charge on any atom is 0.377 e. The van der Waals surface area contributed by atoms with Crippen molar-refractivity contribution in [2.75, 3.05) is 26.6 Å². The monoisotopic (exact) mass is 570 g/mol. The van der Waals surface area contributed by atoms with Gasteiger partial charge in [0, 0.05) is 21.9 Å². The van der Waals surface area contributed by atoms with Crippen molar-refractivity contribution in [3.63, 3.8) is 0 Å². The zero-order valence-corrected chi connectivity index (χ0v) is 23.0. The number of rotatable bonds is 11. The second-order valence-electron chi connectivity index (χ2n) is 8.00. The number of thioether (sulfide) groups is 2. The van der Waals surface area contributed by atoms with Crippen molar-refractivity contribution in [2.24, 2.45) is 0 Å². The van der Waals surface area contributed by atoms with Crippen LogP contribution in [0.5, 0.6) is 0 Å². The van der Waals surface area contributed by atoms with Crippen molar-refractivity contribution in [3.05, 3.63) is 71.8 Å². The number of Topliss-reactive ketones (excluding diaryl/α,β-unsaturated/α-hetero) is 1. The number of carbonyl (C=O) groups excluding carboxylic acids is 5. The molecule has 1 fully saturated rings. The minimum Gasteiger partial charge on any atom is -0.466 e. The third kappa shape index (κ3) is 7.61. The molecule has 9 nitrogen and oxygen atoms in total. The molecule has 204 valence electrons. The molecule has 11 heteroatoms. The number of ether oxygens (including phenoxy) is 4. The van der Waals surface area contributed by atoms with Crippen LogP contribution in [0.1, 0.15) is 18.1 Å². The van der Waals surface area contributed by atoms with E-state index >= 15 is 0 Å². The number of esters is 4. The van der Waals surface area contributed by atoms with Crippen molar-refractivity contribution in [3.8, 4) is 0 Å². The van der Waals surface area contributed by atoms with E-state index in [2.05, 4.69) is 9.47 Å². The highest BCUT2D eigenvalue weighted by Gasteiger charge is 2.62. The number of hydrogen-bond acceptors (Lipinski definition) is 11. The Morgan fingerprint density at radius 3 is 1.87 bits per heavy atom. The summed E-state index contributed by atoms with van der Waals surface area (Å²) in [7, 11) is 2.57. The molecule has 1 aliphatic rings. The molecule has 0 aliphatic carbocycles. The van der Waals surface area contributed by atoms with E-state index in [9.17, 15) is 24.0 Å². The molecule has 39 heavy (non-hydrogen) atoms. The van der Waals surface area contributed by atoms with Gasteiger partial charge < -0.3 is 18.9 Å². The Balaban J connectivity index is 1.82. The number of methoxy groups -OCH3 is 2. The summed E-state index contributed by atoms with van der Waals surface area (Å²) in [6.45, 7) is 1.66. The molecule has 0 aromatic heterocycles. The van der Waals surface area contributed by atoms with E-state index in [1.807, 2.05) is 0 Å². The molecule has 0 saturated carbocycles. The van der Waals surface area contributed by atoms with Crippen molar-refractivity contribution in [1.29, 1.82) is 0 Å². The van der Waals surface area contributed by atoms with Gasteiger partial charge in [0.1, 0.15) is 5.25 Å². The maximum absolute atomic E-state index is 13.2. The van der Waals surface area contributed by atoms with E-state index in [0.29, 0.717) is 10.5 Å². The minimum atomic E-state index is -1.84. The molecule has 0 amide bonds. The Hall–Kier alpha value is -3.83. The van der Waals surface area contributed by atoms with Gasteiger partial charge in [-0.25, -0.2) is 19.2 Å². The van der Waals surface area contributed by atoms with E-state index in [1.54, 1.807) is 67.6 Å². The Morgan fingerprint density at radius 1 is 0.872 bits per heavy atom. The van der Waals surface area contributed by atoms with Gasteiger partial charge in [0.15, 0.2) is 0 Å². The number of carbonyl (C=O) groups is 5. The first kappa shape index (κ1) is 29.7. The lowest BCUT2D eigenvalue weighted by Crippen LogP contribution is -2.50. The average Bonchev–Trinajstić information content (AvgIpc) is 3.20. The lowest BCUT2D eigenvalue weighted by atomic mass is 10.0. The van der Waals surface area contributed by atoms with Gasteiger partial charge in [0.25, 0.3) is 5.78 Å². The fourth-order valence-electron chi connectivity index (χ4n) is 3.43. The molecule has 0 radical (unpaired) electrons. The van der Waals surface area contributed by atoms with Gasteiger partial charge in [0.2, 0.25) is 5.60 Å². The van der Waals surface area contributed by atoms with Crippen LogP contribution in [-0.4, -0.2) is 67.1 Å². The Bertz CT molecular complexity index is 1280. The third-order valence-corrected chi connectivity index (χ3v) is 8.01. The first-order chi connectivity index (χ1) is 18.7. The van der Waals surface area contributed by atoms with Crippen LogP contribution in [-0.2, 0) is 42.9 Å². The van der Waals surface area contributed by atoms with Gasteiger partial charge in [-0.2, -0.15) is 0 Å². The smallest absolute Gasteiger partial charge is 0.377 e. The maximum atomic E-state index is 13.2. The van der Waals surface area contributed by atoms with Gasteiger partial charge >= 0.3 is 23.9 Å². The average molecular weight is 571 g/mol. The Morgan fingerprint density at radius 2 is 1.38 bits per heavy atom. The standard InChI is InChI=1S/C28H26O9S2/c1-4-36-27(33)28(17-38-20-11-5-18(6-12-20)9-15-22(29)34-2)25(24(31)26(32)37-28)39-21-13-7-19(8-14-21)10-16-23(30)35-3/h5-16,25H,4,17H2,1-3H3/b15-9+,16-10-. The number of benzene rings is 2. The summed E-state index contributed by atoms with van der Waals surface area (Å²) in [6.07, 6.45) is 5.75. The SMILES string of the molecule is CCOC(=O)C1(CSc2ccc(/C=C/C(=O)OC)cc2)OC(=O)C(=O)C1Sc1ccc(/C=C\C(=O)OC)cc1. The normalized spacial score (nSPS) is 18.8. The summed E-state index contributed by atoms with van der Waals surface area (Å²) in [4.78, 5) is 62.5. The van der Waals surface area contributed by atoms with Gasteiger partial charge in [-0.05, 0) is 54.5 Å². The highest BCUT2D eigenvalue weighted by atomic mass is 32.2. The molecule has 2 aromatic rings. The number of ketones is 1. The zero-order valence-electron chi connectivity index (χ0n) is 21.4. The molecular weight excluding hydrogens is 544 g/mol. The van der Waals surface area contributed by atoms with Crippen LogP contribution in [0.3, 0.4) is 0 Å². The van der Waals surface area contributed by atoms with Crippen molar-refractivity contribution in [2.45, 2.75) is 27.6 Å². The van der Waals surface area contributed by atoms with Gasteiger partial charge in [-0.3, -0.25) is 4.79 Å². The van der Waals surface area contributed by atoms with Crippen LogP contribution < -0.4 is 0 Å². The van der Waals surface area contributed by atoms with E-state index in [4.69, 9.17) is 9.47 Å². The predicted octanol–water partition coefficient (Wildman–Crippen LogP) is 3.74. The molecule has 2 aromatic carbocycles. The first-order valence-electron chi connectivity index (χ1n) is 11.7. The highest BCUT2D eigenvalue weighted by molar-refractivity contribution is 8.01. The molecule has 0 bridgehead atoms. The summed E-state index contributed by atoms with van der Waals surface area (Å²) in [5, 5.41) is -1.17. The number of cyclic esters (lactones) is 1. The molecule has 2 atom stereocenters. The summed E-state index contributed by atoms with van der Waals surface area (Å²) in [5.74, 6) is -3.76. The third-order valence-electron chi connectivity index (χ3n) is 5.45. The van der Waals surface area contributed by atoms with Crippen LogP contribution in [0.4, 0.5) is 0 Å². The highest BCUT2D eigenvalue weighted by Crippen LogP contribution is 2.42. The van der Waals surface area contributed by atoms with Crippen molar-refractivity contribution < 1.29 is 42.9 Å². The van der Waals surface area contributed by atoms with Crippen LogP contribution in [0.15, 0.2) is 70.5 Å². The van der Waals surface area contributed by atoms with Crippen molar-refractivity contribution in [1.82, 2.24) is 0 Å². The quantitative estimate of drug-likeness (QED) is 0.129. The lowest BCUT2D eigenvalue weighted by Gasteiger charge is -2.29. The molecule has 0 N–H and O–H groups in total. The molecule has 3 rings (SSSR count). The molecule has 1 heterocycles. The molecular formula is C28H26O9S2. The van der Waals surface area contributed by atoms with Crippen LogP contribution >= 0.6 is 23.5 Å². The first-order valence-corrected chi connectivity index (χ1v) is 13.5. The van der Waals surface area contributed by atoms with Gasteiger partial charge in [-0.15, -0.1) is 23.5 Å². The molecule has 0 spiro atoms. The predicted molar refractivity (Wildman–Crippen MR) is 146 cm³/mol. The van der Waals surface area contributed by atoms with E-state index in [1.165, 1.54) is 38.1 Å². The fraction of sp³-hybridized carbons (Fsp3) is 0.250. The second kappa shape index (κ2) is 13.8. The number of hydrogen-bond donors (Lipinski definition) is 0. The van der Waals surface area contributed by atoms with Crippen LogP contribution in [0.2, 0.25) is 0 Å².